The van der Waals surface area contributed by atoms with Crippen molar-refractivity contribution in [2.45, 2.75) is 25.3 Å². The van der Waals surface area contributed by atoms with E-state index in [-0.39, 0.29) is 23.1 Å². The van der Waals surface area contributed by atoms with E-state index in [0.29, 0.717) is 12.2 Å². The number of amides is 1. The van der Waals surface area contributed by atoms with Crippen molar-refractivity contribution in [1.82, 2.24) is 10.2 Å². The van der Waals surface area contributed by atoms with E-state index in [1.165, 1.54) is 24.9 Å². The van der Waals surface area contributed by atoms with Crippen LogP contribution >= 0.6 is 11.8 Å². The van der Waals surface area contributed by atoms with E-state index in [2.05, 4.69) is 10.3 Å². The Morgan fingerprint density at radius 1 is 1.26 bits per heavy atom. The highest BCUT2D eigenvalue weighted by molar-refractivity contribution is 8.02. The van der Waals surface area contributed by atoms with Crippen LogP contribution in [-0.2, 0) is 21.1 Å². The van der Waals surface area contributed by atoms with Gasteiger partial charge in [-0.15, -0.1) is 0 Å². The number of carbonyl (C=O) groups excluding carboxylic acids is 1. The van der Waals surface area contributed by atoms with Crippen molar-refractivity contribution < 1.29 is 13.2 Å². The summed E-state index contributed by atoms with van der Waals surface area (Å²) in [7, 11) is -3.09. The molecular formula is C17H25N5O3S2. The van der Waals surface area contributed by atoms with Crippen LogP contribution in [0.3, 0.4) is 0 Å². The van der Waals surface area contributed by atoms with Gasteiger partial charge in [0.25, 0.3) is 0 Å². The molecule has 1 aliphatic rings. The first kappa shape index (κ1) is 21.1. The molecule has 0 saturated carbocycles. The molecule has 1 unspecified atom stereocenters. The Hall–Kier alpha value is -2.20. The number of guanidine groups is 1. The van der Waals surface area contributed by atoms with Crippen LogP contribution < -0.4 is 16.8 Å². The standard InChI is InChI=1S/C17H25N5O3S2/c1-12(23)20-17-22(9-10-27(2,24)25)15(11-26-17)8-5-13-3-6-14(7-4-13)21-16(18)19/h3-4,6-7,11,17H,5,8-10H2,1-2H3,(H,20,23)(H4,18,19,21). The molecule has 2 rings (SSSR count). The van der Waals surface area contributed by atoms with E-state index in [1.807, 2.05) is 34.6 Å². The van der Waals surface area contributed by atoms with Gasteiger partial charge in [-0.2, -0.15) is 0 Å². The van der Waals surface area contributed by atoms with Gasteiger partial charge in [-0.05, 0) is 35.9 Å². The van der Waals surface area contributed by atoms with Crippen LogP contribution in [0.15, 0.2) is 40.4 Å². The van der Waals surface area contributed by atoms with Gasteiger partial charge < -0.3 is 21.7 Å². The third-order valence-corrected chi connectivity index (χ3v) is 5.84. The number of sulfone groups is 1. The highest BCUT2D eigenvalue weighted by Gasteiger charge is 2.27. The van der Waals surface area contributed by atoms with Gasteiger partial charge in [-0.25, -0.2) is 13.4 Å². The number of nitrogens with one attached hydrogen (secondary N) is 1. The monoisotopic (exact) mass is 411 g/mol. The van der Waals surface area contributed by atoms with Crippen molar-refractivity contribution in [3.8, 4) is 0 Å². The highest BCUT2D eigenvalue weighted by atomic mass is 32.2. The third-order valence-electron chi connectivity index (χ3n) is 3.88. The maximum Gasteiger partial charge on any atom is 0.219 e. The molecule has 1 atom stereocenters. The molecule has 27 heavy (non-hydrogen) atoms. The lowest BCUT2D eigenvalue weighted by Gasteiger charge is -2.29. The number of allylic oxidation sites excluding steroid dienone is 1. The maximum atomic E-state index is 11.5. The molecule has 0 radical (unpaired) electrons. The van der Waals surface area contributed by atoms with Crippen LogP contribution in [0.2, 0.25) is 0 Å². The van der Waals surface area contributed by atoms with Gasteiger partial charge in [-0.3, -0.25) is 4.79 Å². The van der Waals surface area contributed by atoms with Gasteiger partial charge in [0.05, 0.1) is 11.4 Å². The first-order chi connectivity index (χ1) is 12.6. The lowest BCUT2D eigenvalue weighted by Crippen LogP contribution is -2.44. The fourth-order valence-corrected chi connectivity index (χ4v) is 4.30. The van der Waals surface area contributed by atoms with Crippen molar-refractivity contribution in [2.75, 3.05) is 18.6 Å². The van der Waals surface area contributed by atoms with Crippen LogP contribution in [0.5, 0.6) is 0 Å². The summed E-state index contributed by atoms with van der Waals surface area (Å²) in [5, 5.41) is 4.83. The molecule has 0 aliphatic carbocycles. The quantitative estimate of drug-likeness (QED) is 0.427. The minimum Gasteiger partial charge on any atom is -0.370 e. The Balaban J connectivity index is 2.01. The van der Waals surface area contributed by atoms with E-state index in [9.17, 15) is 13.2 Å². The molecule has 1 aromatic rings. The normalized spacial score (nSPS) is 16.7. The zero-order valence-corrected chi connectivity index (χ0v) is 17.0. The third kappa shape index (κ3) is 7.14. The molecule has 0 saturated heterocycles. The predicted molar refractivity (Wildman–Crippen MR) is 110 cm³/mol. The molecule has 0 fully saturated rings. The Kier molecular flexibility index (Phi) is 7.14. The Bertz CT molecular complexity index is 831. The van der Waals surface area contributed by atoms with Crippen LogP contribution in [-0.4, -0.2) is 49.2 Å². The second-order valence-electron chi connectivity index (χ2n) is 6.32. The molecule has 5 N–H and O–H groups in total. The lowest BCUT2D eigenvalue weighted by atomic mass is 10.1. The molecule has 1 heterocycles. The summed E-state index contributed by atoms with van der Waals surface area (Å²) in [6, 6.07) is 7.59. The number of hydrogen-bond acceptors (Lipinski definition) is 6. The summed E-state index contributed by atoms with van der Waals surface area (Å²) >= 11 is 1.47. The molecule has 0 spiro atoms. The Labute approximate surface area is 164 Å². The number of aliphatic imine (C=N–C) groups is 1. The van der Waals surface area contributed by atoms with Crippen LogP contribution in [0.4, 0.5) is 5.69 Å². The molecule has 0 bridgehead atoms. The van der Waals surface area contributed by atoms with Crippen molar-refractivity contribution in [1.29, 1.82) is 0 Å². The molecule has 10 heteroatoms. The van der Waals surface area contributed by atoms with Crippen molar-refractivity contribution >= 4 is 39.2 Å². The van der Waals surface area contributed by atoms with Gasteiger partial charge in [0.2, 0.25) is 5.91 Å². The molecule has 1 aliphatic heterocycles. The summed E-state index contributed by atoms with van der Waals surface area (Å²) in [6.07, 6.45) is 2.72. The number of rotatable bonds is 8. The molecule has 148 valence electrons. The molecular weight excluding hydrogens is 386 g/mol. The first-order valence-corrected chi connectivity index (χ1v) is 11.4. The van der Waals surface area contributed by atoms with Gasteiger partial charge in [-0.1, -0.05) is 23.9 Å². The second-order valence-corrected chi connectivity index (χ2v) is 9.54. The van der Waals surface area contributed by atoms with E-state index >= 15 is 0 Å². The summed E-state index contributed by atoms with van der Waals surface area (Å²) in [5.74, 6) is -0.1000. The number of nitrogens with zero attached hydrogens (tertiary/aromatic N) is 2. The summed E-state index contributed by atoms with van der Waals surface area (Å²) in [6.45, 7) is 1.79. The highest BCUT2D eigenvalue weighted by Crippen LogP contribution is 2.32. The average molecular weight is 412 g/mol. The van der Waals surface area contributed by atoms with E-state index in [1.54, 1.807) is 0 Å². The number of aryl methyl sites for hydroxylation is 1. The van der Waals surface area contributed by atoms with Crippen molar-refractivity contribution in [3.63, 3.8) is 0 Å². The SMILES string of the molecule is CC(=O)NC1SC=C(CCc2ccc(N=C(N)N)cc2)N1CCS(C)(=O)=O. The van der Waals surface area contributed by atoms with Gasteiger partial charge in [0.15, 0.2) is 11.5 Å². The van der Waals surface area contributed by atoms with Gasteiger partial charge in [0, 0.05) is 25.4 Å². The maximum absolute atomic E-state index is 11.5. The topological polar surface area (TPSA) is 131 Å². The molecule has 8 nitrogen and oxygen atoms in total. The number of nitrogens with two attached hydrogens (primary N) is 2. The van der Waals surface area contributed by atoms with E-state index in [0.717, 1.165) is 24.1 Å². The fourth-order valence-electron chi connectivity index (χ4n) is 2.61. The Morgan fingerprint density at radius 2 is 1.93 bits per heavy atom. The molecule has 1 aromatic carbocycles. The summed E-state index contributed by atoms with van der Waals surface area (Å²) in [4.78, 5) is 17.4. The van der Waals surface area contributed by atoms with Crippen LogP contribution in [0, 0.1) is 0 Å². The smallest absolute Gasteiger partial charge is 0.219 e. The van der Waals surface area contributed by atoms with Gasteiger partial charge >= 0.3 is 0 Å². The predicted octanol–water partition coefficient (Wildman–Crippen LogP) is 0.879. The zero-order chi connectivity index (χ0) is 20.0. The molecule has 1 amide bonds. The van der Waals surface area contributed by atoms with Crippen molar-refractivity contribution in [3.05, 3.63) is 40.9 Å². The van der Waals surface area contributed by atoms with Crippen LogP contribution in [0.25, 0.3) is 0 Å². The van der Waals surface area contributed by atoms with Crippen LogP contribution in [0.1, 0.15) is 18.9 Å². The summed E-state index contributed by atoms with van der Waals surface area (Å²) in [5.41, 5.74) is 13.3. The number of carbonyl (C=O) groups is 1. The lowest BCUT2D eigenvalue weighted by molar-refractivity contribution is -0.119. The minimum absolute atomic E-state index is 0.0152. The van der Waals surface area contributed by atoms with Crippen molar-refractivity contribution in [2.24, 2.45) is 16.5 Å². The minimum atomic E-state index is -3.09. The second kappa shape index (κ2) is 9.14. The van der Waals surface area contributed by atoms with Gasteiger partial charge in [0.1, 0.15) is 9.84 Å². The summed E-state index contributed by atoms with van der Waals surface area (Å²) < 4.78 is 23.1. The first-order valence-electron chi connectivity index (χ1n) is 8.38. The molecule has 0 aromatic heterocycles. The van der Waals surface area contributed by atoms with E-state index in [4.69, 9.17) is 11.5 Å². The van der Waals surface area contributed by atoms with E-state index < -0.39 is 9.84 Å². The number of thioether (sulfide) groups is 1. The zero-order valence-electron chi connectivity index (χ0n) is 15.4. The number of benzene rings is 1. The Morgan fingerprint density at radius 3 is 2.48 bits per heavy atom. The fraction of sp³-hybridized carbons (Fsp3) is 0.412. The number of hydrogen-bond donors (Lipinski definition) is 3. The largest absolute Gasteiger partial charge is 0.370 e. The average Bonchev–Trinajstić information content (AvgIpc) is 2.92.